The van der Waals surface area contributed by atoms with Gasteiger partial charge in [0.2, 0.25) is 11.8 Å². The van der Waals surface area contributed by atoms with Crippen molar-refractivity contribution < 1.29 is 19.1 Å². The molecule has 3 N–H and O–H groups in total. The van der Waals surface area contributed by atoms with E-state index in [1.807, 2.05) is 19.9 Å². The topological polar surface area (TPSA) is 114 Å². The molecule has 3 aromatic rings. The second-order valence-corrected chi connectivity index (χ2v) is 9.06. The molecule has 0 aliphatic carbocycles. The number of carbonyl (C=O) groups is 2. The lowest BCUT2D eigenvalue weighted by Crippen LogP contribution is -2.50. The molecule has 9 nitrogen and oxygen atoms in total. The number of aromatic nitrogens is 2. The predicted octanol–water partition coefficient (Wildman–Crippen LogP) is 3.62. The summed E-state index contributed by atoms with van der Waals surface area (Å²) >= 11 is 6.27. The van der Waals surface area contributed by atoms with Gasteiger partial charge in [-0.3, -0.25) is 9.59 Å². The summed E-state index contributed by atoms with van der Waals surface area (Å²) in [4.78, 5) is 34.5. The first-order chi connectivity index (χ1) is 16.9. The number of benzene rings is 2. The van der Waals surface area contributed by atoms with Crippen LogP contribution in [-0.2, 0) is 16.0 Å². The fraction of sp³-hybridized carbons (Fsp3) is 0.360. The average Bonchev–Trinajstić information content (AvgIpc) is 2.83. The van der Waals surface area contributed by atoms with Crippen molar-refractivity contribution in [2.24, 2.45) is 5.92 Å². The summed E-state index contributed by atoms with van der Waals surface area (Å²) in [6.45, 7) is 4.55. The summed E-state index contributed by atoms with van der Waals surface area (Å²) in [6.07, 6.45) is 2.09. The van der Waals surface area contributed by atoms with E-state index in [9.17, 15) is 9.59 Å². The van der Waals surface area contributed by atoms with Crippen molar-refractivity contribution in [2.45, 2.75) is 32.7 Å². The van der Waals surface area contributed by atoms with Crippen LogP contribution in [0.15, 0.2) is 36.7 Å². The van der Waals surface area contributed by atoms with Crippen LogP contribution in [-0.4, -0.2) is 48.1 Å². The van der Waals surface area contributed by atoms with Crippen LogP contribution in [0, 0.1) is 5.92 Å². The Labute approximate surface area is 208 Å². The maximum atomic E-state index is 12.9. The van der Waals surface area contributed by atoms with Gasteiger partial charge in [0.15, 0.2) is 11.5 Å². The van der Waals surface area contributed by atoms with Gasteiger partial charge < -0.3 is 25.4 Å². The molecule has 1 aliphatic rings. The zero-order chi connectivity index (χ0) is 24.9. The molecule has 0 unspecified atom stereocenters. The number of hydrogen-bond acceptors (Lipinski definition) is 7. The van der Waals surface area contributed by atoms with E-state index in [-0.39, 0.29) is 24.2 Å². The molecule has 2 aromatic carbocycles. The van der Waals surface area contributed by atoms with Crippen molar-refractivity contribution in [3.63, 3.8) is 0 Å². The number of hydrogen-bond donors (Lipinski definition) is 3. The molecule has 1 aromatic heterocycles. The van der Waals surface area contributed by atoms with Crippen molar-refractivity contribution in [3.8, 4) is 11.5 Å². The first-order valence-corrected chi connectivity index (χ1v) is 11.8. The first kappa shape index (κ1) is 24.5. The lowest BCUT2D eigenvalue weighted by Gasteiger charge is -2.22. The Morgan fingerprint density at radius 1 is 1.17 bits per heavy atom. The minimum absolute atomic E-state index is 0.0567. The third-order valence-electron chi connectivity index (χ3n) is 5.74. The Kier molecular flexibility index (Phi) is 7.55. The molecule has 2 amide bonds. The number of fused-ring (bicyclic) bond motifs is 2. The quantitative estimate of drug-likeness (QED) is 0.495. The van der Waals surface area contributed by atoms with Gasteiger partial charge in [-0.25, -0.2) is 9.97 Å². The van der Waals surface area contributed by atoms with Crippen LogP contribution in [0.3, 0.4) is 0 Å². The number of ether oxygens (including phenoxy) is 2. The fourth-order valence-corrected chi connectivity index (χ4v) is 4.06. The highest BCUT2D eigenvalue weighted by molar-refractivity contribution is 6.31. The Hall–Kier alpha value is -3.59. The average molecular weight is 498 g/mol. The van der Waals surface area contributed by atoms with Gasteiger partial charge in [0, 0.05) is 28.7 Å². The molecule has 0 fully saturated rings. The monoisotopic (exact) mass is 497 g/mol. The molecule has 0 spiro atoms. The number of halogens is 1. The summed E-state index contributed by atoms with van der Waals surface area (Å²) in [6, 6.07) is 8.19. The van der Waals surface area contributed by atoms with E-state index < -0.39 is 6.04 Å². The number of methoxy groups -OCH3 is 1. The maximum Gasteiger partial charge on any atom is 0.242 e. The van der Waals surface area contributed by atoms with E-state index >= 15 is 0 Å². The molecule has 0 radical (unpaired) electrons. The Bertz CT molecular complexity index is 1250. The third-order valence-corrected chi connectivity index (χ3v) is 5.98. The molecule has 0 saturated heterocycles. The van der Waals surface area contributed by atoms with E-state index in [0.717, 1.165) is 5.39 Å². The summed E-state index contributed by atoms with van der Waals surface area (Å²) in [5.41, 5.74) is 2.00. The van der Waals surface area contributed by atoms with Crippen molar-refractivity contribution in [3.05, 3.63) is 47.2 Å². The number of amides is 2. The highest BCUT2D eigenvalue weighted by Crippen LogP contribution is 2.35. The van der Waals surface area contributed by atoms with Crippen molar-refractivity contribution >= 4 is 45.8 Å². The zero-order valence-electron chi connectivity index (χ0n) is 19.9. The van der Waals surface area contributed by atoms with Crippen molar-refractivity contribution in [1.29, 1.82) is 0 Å². The number of nitrogens with one attached hydrogen (secondary N) is 3. The summed E-state index contributed by atoms with van der Waals surface area (Å²) in [7, 11) is 1.57. The Morgan fingerprint density at radius 2 is 2.00 bits per heavy atom. The Morgan fingerprint density at radius 3 is 2.77 bits per heavy atom. The second kappa shape index (κ2) is 10.8. The largest absolute Gasteiger partial charge is 0.493 e. The van der Waals surface area contributed by atoms with Crippen LogP contribution in [0.25, 0.3) is 10.9 Å². The first-order valence-electron chi connectivity index (χ1n) is 11.4. The lowest BCUT2D eigenvalue weighted by molar-refractivity contribution is -0.129. The van der Waals surface area contributed by atoms with E-state index in [1.54, 1.807) is 31.4 Å². The minimum atomic E-state index is -0.653. The summed E-state index contributed by atoms with van der Waals surface area (Å²) in [5.74, 6) is 1.04. The predicted molar refractivity (Wildman–Crippen MR) is 134 cm³/mol. The minimum Gasteiger partial charge on any atom is -0.493 e. The van der Waals surface area contributed by atoms with Crippen LogP contribution in [0.1, 0.15) is 25.8 Å². The highest BCUT2D eigenvalue weighted by Gasteiger charge is 2.24. The lowest BCUT2D eigenvalue weighted by atomic mass is 10.0. The number of nitrogens with zero attached hydrogens (tertiary/aromatic N) is 2. The van der Waals surface area contributed by atoms with Crippen LogP contribution in [0.2, 0.25) is 5.02 Å². The van der Waals surface area contributed by atoms with Crippen LogP contribution in [0.5, 0.6) is 11.5 Å². The van der Waals surface area contributed by atoms with Gasteiger partial charge in [-0.15, -0.1) is 0 Å². The van der Waals surface area contributed by atoms with Crippen molar-refractivity contribution in [2.75, 3.05) is 25.6 Å². The molecular formula is C25H28ClN5O4. The van der Waals surface area contributed by atoms with Gasteiger partial charge >= 0.3 is 0 Å². The molecule has 184 valence electrons. The number of carbonyl (C=O) groups excluding carboxylic acids is 2. The fourth-order valence-electron chi connectivity index (χ4n) is 3.89. The van der Waals surface area contributed by atoms with Gasteiger partial charge in [0.1, 0.15) is 18.2 Å². The highest BCUT2D eigenvalue weighted by atomic mass is 35.5. The molecule has 0 saturated carbocycles. The third kappa shape index (κ3) is 5.74. The Balaban J connectivity index is 1.77. The normalized spacial score (nSPS) is 17.1. The van der Waals surface area contributed by atoms with E-state index in [1.165, 1.54) is 6.33 Å². The molecule has 10 heteroatoms. The van der Waals surface area contributed by atoms with E-state index in [0.29, 0.717) is 58.7 Å². The number of rotatable bonds is 2. The second-order valence-electron chi connectivity index (χ2n) is 8.63. The van der Waals surface area contributed by atoms with E-state index in [4.69, 9.17) is 21.1 Å². The maximum absolute atomic E-state index is 12.9. The molecule has 2 heterocycles. The van der Waals surface area contributed by atoms with Gasteiger partial charge in [-0.2, -0.15) is 0 Å². The van der Waals surface area contributed by atoms with Crippen molar-refractivity contribution in [1.82, 2.24) is 20.6 Å². The molecule has 2 bridgehead atoms. The van der Waals surface area contributed by atoms with Crippen LogP contribution < -0.4 is 25.4 Å². The molecule has 4 rings (SSSR count). The molecule has 1 atom stereocenters. The number of anilines is 2. The van der Waals surface area contributed by atoms with E-state index in [2.05, 4.69) is 25.9 Å². The SMILES string of the molecule is COc1cc2ncnc3c2cc1OCCCNC(=O)[C@@H](C(C)C)NC(=O)Cc1ccc(Cl)cc1N3. The molecular weight excluding hydrogens is 470 g/mol. The van der Waals surface area contributed by atoms with Gasteiger partial charge in [0.05, 0.1) is 25.7 Å². The molecule has 1 aliphatic heterocycles. The van der Waals surface area contributed by atoms with Crippen LogP contribution in [0.4, 0.5) is 11.5 Å². The van der Waals surface area contributed by atoms with Crippen LogP contribution >= 0.6 is 11.6 Å². The zero-order valence-corrected chi connectivity index (χ0v) is 20.6. The smallest absolute Gasteiger partial charge is 0.242 e. The standard InChI is InChI=1S/C25H28ClN5O4/c1-14(2)23-25(33)27-7-4-8-35-21-11-17-19(12-20(21)34-3)28-13-29-24(17)30-18-10-16(26)6-5-15(18)9-22(32)31-23/h5-6,10-14,23H,4,7-9H2,1-3H3,(H,27,33)(H,31,32)(H,28,29,30)/t23-/m1/s1. The summed E-state index contributed by atoms with van der Waals surface area (Å²) < 4.78 is 11.5. The molecule has 35 heavy (non-hydrogen) atoms. The van der Waals surface area contributed by atoms with Gasteiger partial charge in [-0.05, 0) is 36.1 Å². The van der Waals surface area contributed by atoms with Gasteiger partial charge in [0.25, 0.3) is 0 Å². The summed E-state index contributed by atoms with van der Waals surface area (Å²) in [5, 5.41) is 10.3. The van der Waals surface area contributed by atoms with Gasteiger partial charge in [-0.1, -0.05) is 31.5 Å².